The van der Waals surface area contributed by atoms with Crippen molar-refractivity contribution in [3.8, 4) is 0 Å². The number of thioether (sulfide) groups is 1. The van der Waals surface area contributed by atoms with Crippen LogP contribution in [0.1, 0.15) is 37.0 Å². The molecule has 0 aliphatic carbocycles. The van der Waals surface area contributed by atoms with Crippen molar-refractivity contribution in [1.29, 1.82) is 0 Å². The largest absolute Gasteiger partial charge is 0.383 e. The number of nitrogens with zero attached hydrogens (tertiary/aromatic N) is 1. The minimum absolute atomic E-state index is 0.0328. The Morgan fingerprint density at radius 2 is 2.32 bits per heavy atom. The number of pyridine rings is 1. The number of hydrogen-bond acceptors (Lipinski definition) is 4. The highest BCUT2D eigenvalue weighted by molar-refractivity contribution is 7.98. The first-order valence-corrected chi connectivity index (χ1v) is 8.06. The molecule has 1 heterocycles. The minimum atomic E-state index is -0.0328. The zero-order valence-corrected chi connectivity index (χ0v) is 12.7. The maximum absolute atomic E-state index is 12.2. The van der Waals surface area contributed by atoms with Crippen molar-refractivity contribution < 1.29 is 4.79 Å². The number of carbonyl (C=O) groups excluding carboxylic acids is 1. The van der Waals surface area contributed by atoms with Crippen LogP contribution in [-0.2, 0) is 0 Å². The van der Waals surface area contributed by atoms with E-state index in [1.165, 1.54) is 0 Å². The molecule has 0 aliphatic heterocycles. The van der Waals surface area contributed by atoms with Gasteiger partial charge in [-0.15, -0.1) is 0 Å². The van der Waals surface area contributed by atoms with E-state index in [4.69, 9.17) is 0 Å². The van der Waals surface area contributed by atoms with Crippen LogP contribution in [0.4, 0.5) is 5.69 Å². The average Bonchev–Trinajstić information content (AvgIpc) is 2.43. The standard InChI is InChI=1S/C14H23N3OS/c1-4-7-16-13-10-15-8-5-12(13)14(18)17-11(2)6-9-19-3/h5,8,10-11,16H,4,6-7,9H2,1-3H3,(H,17,18). The molecule has 1 aromatic heterocycles. The molecule has 0 aliphatic rings. The molecule has 4 nitrogen and oxygen atoms in total. The fourth-order valence-electron chi connectivity index (χ4n) is 1.66. The second-order valence-electron chi connectivity index (χ2n) is 4.50. The summed E-state index contributed by atoms with van der Waals surface area (Å²) in [6.07, 6.45) is 7.43. The molecule has 0 bridgehead atoms. The summed E-state index contributed by atoms with van der Waals surface area (Å²) >= 11 is 1.79. The molecule has 0 aromatic carbocycles. The third-order valence-electron chi connectivity index (χ3n) is 2.76. The minimum Gasteiger partial charge on any atom is -0.383 e. The van der Waals surface area contributed by atoms with Crippen LogP contribution in [0.3, 0.4) is 0 Å². The molecule has 0 radical (unpaired) electrons. The lowest BCUT2D eigenvalue weighted by molar-refractivity contribution is 0.0940. The molecule has 2 N–H and O–H groups in total. The summed E-state index contributed by atoms with van der Waals surface area (Å²) in [5.41, 5.74) is 1.47. The smallest absolute Gasteiger partial charge is 0.253 e. The van der Waals surface area contributed by atoms with Gasteiger partial charge in [0.15, 0.2) is 0 Å². The van der Waals surface area contributed by atoms with Crippen molar-refractivity contribution >= 4 is 23.4 Å². The molecule has 0 spiro atoms. The Bertz CT molecular complexity index is 398. The first kappa shape index (κ1) is 15.8. The number of rotatable bonds is 8. The molecule has 0 fully saturated rings. The van der Waals surface area contributed by atoms with Gasteiger partial charge in [-0.05, 0) is 37.8 Å². The zero-order chi connectivity index (χ0) is 14.1. The lowest BCUT2D eigenvalue weighted by atomic mass is 10.2. The lowest BCUT2D eigenvalue weighted by Crippen LogP contribution is -2.33. The first-order valence-electron chi connectivity index (χ1n) is 6.66. The molecule has 0 saturated heterocycles. The number of aromatic nitrogens is 1. The van der Waals surface area contributed by atoms with E-state index in [0.29, 0.717) is 5.56 Å². The Kier molecular flexibility index (Phi) is 7.33. The summed E-state index contributed by atoms with van der Waals surface area (Å²) < 4.78 is 0. The van der Waals surface area contributed by atoms with Gasteiger partial charge < -0.3 is 10.6 Å². The third-order valence-corrected chi connectivity index (χ3v) is 3.41. The molecule has 1 rings (SSSR count). The molecule has 1 atom stereocenters. The first-order chi connectivity index (χ1) is 9.19. The Balaban J connectivity index is 2.65. The molecular weight excluding hydrogens is 258 g/mol. The van der Waals surface area contributed by atoms with E-state index in [0.717, 1.165) is 30.8 Å². The summed E-state index contributed by atoms with van der Waals surface area (Å²) in [7, 11) is 0. The topological polar surface area (TPSA) is 54.0 Å². The van der Waals surface area contributed by atoms with E-state index in [1.54, 1.807) is 30.2 Å². The Hall–Kier alpha value is -1.23. The van der Waals surface area contributed by atoms with E-state index in [2.05, 4.69) is 28.8 Å². The van der Waals surface area contributed by atoms with E-state index >= 15 is 0 Å². The summed E-state index contributed by atoms with van der Waals surface area (Å²) in [6.45, 7) is 4.97. The van der Waals surface area contributed by atoms with Crippen LogP contribution in [0.15, 0.2) is 18.5 Å². The van der Waals surface area contributed by atoms with Gasteiger partial charge in [0.1, 0.15) is 0 Å². The molecule has 19 heavy (non-hydrogen) atoms. The summed E-state index contributed by atoms with van der Waals surface area (Å²) in [6, 6.07) is 1.95. The quantitative estimate of drug-likeness (QED) is 0.769. The summed E-state index contributed by atoms with van der Waals surface area (Å²) in [5.74, 6) is 1.02. The van der Waals surface area contributed by atoms with Gasteiger partial charge in [0.25, 0.3) is 5.91 Å². The highest BCUT2D eigenvalue weighted by atomic mass is 32.2. The van der Waals surface area contributed by atoms with Gasteiger partial charge in [0, 0.05) is 18.8 Å². The number of nitrogens with one attached hydrogen (secondary N) is 2. The Morgan fingerprint density at radius 1 is 1.53 bits per heavy atom. The molecule has 0 saturated carbocycles. The van der Waals surface area contributed by atoms with Crippen molar-refractivity contribution in [3.63, 3.8) is 0 Å². The molecular formula is C14H23N3OS. The second kappa shape index (κ2) is 8.80. The molecule has 106 valence electrons. The maximum Gasteiger partial charge on any atom is 0.253 e. The number of hydrogen-bond donors (Lipinski definition) is 2. The van der Waals surface area contributed by atoms with Crippen LogP contribution in [0.5, 0.6) is 0 Å². The van der Waals surface area contributed by atoms with Crippen molar-refractivity contribution in [2.45, 2.75) is 32.7 Å². The van der Waals surface area contributed by atoms with Crippen molar-refractivity contribution in [2.24, 2.45) is 0 Å². The average molecular weight is 281 g/mol. The molecule has 1 aromatic rings. The van der Waals surface area contributed by atoms with E-state index in [1.807, 2.05) is 6.92 Å². The SMILES string of the molecule is CCCNc1cnccc1C(=O)NC(C)CCSC. The number of anilines is 1. The van der Waals surface area contributed by atoms with E-state index in [-0.39, 0.29) is 11.9 Å². The fourth-order valence-corrected chi connectivity index (χ4v) is 2.25. The van der Waals surface area contributed by atoms with Gasteiger partial charge in [-0.25, -0.2) is 0 Å². The monoisotopic (exact) mass is 281 g/mol. The highest BCUT2D eigenvalue weighted by Gasteiger charge is 2.13. The van der Waals surface area contributed by atoms with Crippen molar-refractivity contribution in [1.82, 2.24) is 10.3 Å². The number of amides is 1. The maximum atomic E-state index is 12.2. The van der Waals surface area contributed by atoms with Crippen LogP contribution >= 0.6 is 11.8 Å². The Labute approximate surface area is 119 Å². The van der Waals surface area contributed by atoms with E-state index < -0.39 is 0 Å². The summed E-state index contributed by atoms with van der Waals surface area (Å²) in [5, 5.41) is 6.26. The van der Waals surface area contributed by atoms with Gasteiger partial charge in [-0.3, -0.25) is 9.78 Å². The zero-order valence-electron chi connectivity index (χ0n) is 11.9. The van der Waals surface area contributed by atoms with Gasteiger partial charge >= 0.3 is 0 Å². The fraction of sp³-hybridized carbons (Fsp3) is 0.571. The number of carbonyl (C=O) groups is 1. The van der Waals surface area contributed by atoms with Gasteiger partial charge in [0.05, 0.1) is 17.4 Å². The van der Waals surface area contributed by atoms with E-state index in [9.17, 15) is 4.79 Å². The lowest BCUT2D eigenvalue weighted by Gasteiger charge is -2.15. The molecule has 5 heteroatoms. The summed E-state index contributed by atoms with van der Waals surface area (Å²) in [4.78, 5) is 16.3. The van der Waals surface area contributed by atoms with Crippen LogP contribution in [0, 0.1) is 0 Å². The predicted molar refractivity (Wildman–Crippen MR) is 82.9 cm³/mol. The van der Waals surface area contributed by atoms with Gasteiger partial charge in [-0.2, -0.15) is 11.8 Å². The van der Waals surface area contributed by atoms with Crippen LogP contribution in [-0.4, -0.2) is 35.5 Å². The van der Waals surface area contributed by atoms with Crippen molar-refractivity contribution in [2.75, 3.05) is 23.9 Å². The van der Waals surface area contributed by atoms with Crippen molar-refractivity contribution in [3.05, 3.63) is 24.0 Å². The van der Waals surface area contributed by atoms with Crippen LogP contribution in [0.2, 0.25) is 0 Å². The highest BCUT2D eigenvalue weighted by Crippen LogP contribution is 2.13. The van der Waals surface area contributed by atoms with Crippen LogP contribution < -0.4 is 10.6 Å². The molecule has 1 unspecified atom stereocenters. The normalized spacial score (nSPS) is 11.9. The second-order valence-corrected chi connectivity index (χ2v) is 5.49. The van der Waals surface area contributed by atoms with Gasteiger partial charge in [-0.1, -0.05) is 6.92 Å². The molecule has 1 amide bonds. The Morgan fingerprint density at radius 3 is 3.00 bits per heavy atom. The third kappa shape index (κ3) is 5.51. The van der Waals surface area contributed by atoms with Gasteiger partial charge in [0.2, 0.25) is 0 Å². The van der Waals surface area contributed by atoms with Crippen LogP contribution in [0.25, 0.3) is 0 Å². The predicted octanol–water partition coefficient (Wildman–Crippen LogP) is 2.77.